The number of aryl methyl sites for hydroxylation is 1. The van der Waals surface area contributed by atoms with E-state index in [0.717, 1.165) is 16.7 Å². The fourth-order valence-electron chi connectivity index (χ4n) is 2.42. The van der Waals surface area contributed by atoms with Crippen molar-refractivity contribution in [3.8, 4) is 5.75 Å². The zero-order valence-electron chi connectivity index (χ0n) is 12.4. The van der Waals surface area contributed by atoms with Gasteiger partial charge in [-0.2, -0.15) is 0 Å². The van der Waals surface area contributed by atoms with Crippen molar-refractivity contribution in [3.05, 3.63) is 64.7 Å². The molecule has 112 valence electrons. The Hall–Kier alpha value is -1.94. The summed E-state index contributed by atoms with van der Waals surface area (Å²) in [4.78, 5) is 0. The van der Waals surface area contributed by atoms with Gasteiger partial charge in [-0.15, -0.1) is 0 Å². The van der Waals surface area contributed by atoms with Crippen LogP contribution in [-0.4, -0.2) is 13.7 Å². The first-order chi connectivity index (χ1) is 10.0. The molecule has 2 aromatic carbocycles. The first-order valence-electron chi connectivity index (χ1n) is 6.89. The number of ether oxygens (including phenoxy) is 1. The number of benzene rings is 2. The Morgan fingerprint density at radius 1 is 1.10 bits per heavy atom. The van der Waals surface area contributed by atoms with Gasteiger partial charge >= 0.3 is 0 Å². The van der Waals surface area contributed by atoms with Crippen LogP contribution in [-0.2, 0) is 0 Å². The Balaban J connectivity index is 2.47. The average molecular weight is 291 g/mol. The van der Waals surface area contributed by atoms with Gasteiger partial charge in [-0.25, -0.2) is 8.78 Å². The Morgan fingerprint density at radius 2 is 1.86 bits per heavy atom. The summed E-state index contributed by atoms with van der Waals surface area (Å²) in [6.07, 6.45) is 0. The van der Waals surface area contributed by atoms with E-state index in [1.165, 1.54) is 25.3 Å². The van der Waals surface area contributed by atoms with E-state index in [2.05, 4.69) is 5.32 Å². The first-order valence-corrected chi connectivity index (χ1v) is 6.89. The summed E-state index contributed by atoms with van der Waals surface area (Å²) in [5.41, 5.74) is 2.49. The molecule has 0 saturated heterocycles. The molecule has 0 amide bonds. The van der Waals surface area contributed by atoms with Crippen molar-refractivity contribution < 1.29 is 13.5 Å². The maximum absolute atomic E-state index is 13.6. The van der Waals surface area contributed by atoms with Gasteiger partial charge < -0.3 is 10.1 Å². The number of nitrogens with one attached hydrogen (secondary N) is 1. The highest BCUT2D eigenvalue weighted by Crippen LogP contribution is 2.28. The van der Waals surface area contributed by atoms with Gasteiger partial charge in [0.05, 0.1) is 13.2 Å². The van der Waals surface area contributed by atoms with Crippen LogP contribution in [0.3, 0.4) is 0 Å². The van der Waals surface area contributed by atoms with Gasteiger partial charge in [0, 0.05) is 0 Å². The quantitative estimate of drug-likeness (QED) is 0.899. The molecule has 0 aliphatic heterocycles. The number of hydrogen-bond donors (Lipinski definition) is 1. The molecular weight excluding hydrogens is 272 g/mol. The lowest BCUT2D eigenvalue weighted by molar-refractivity contribution is 0.385. The van der Waals surface area contributed by atoms with Crippen LogP contribution in [0.15, 0.2) is 36.4 Å². The number of methoxy groups -OCH3 is 1. The summed E-state index contributed by atoms with van der Waals surface area (Å²) >= 11 is 0. The number of rotatable bonds is 5. The molecule has 0 fully saturated rings. The molecule has 0 saturated carbocycles. The summed E-state index contributed by atoms with van der Waals surface area (Å²) in [6, 6.07) is 9.39. The highest BCUT2D eigenvalue weighted by molar-refractivity contribution is 5.39. The van der Waals surface area contributed by atoms with Gasteiger partial charge in [0.25, 0.3) is 0 Å². The van der Waals surface area contributed by atoms with Crippen LogP contribution >= 0.6 is 0 Å². The third kappa shape index (κ3) is 3.58. The molecule has 0 bridgehead atoms. The molecule has 0 radical (unpaired) electrons. The molecule has 1 atom stereocenters. The van der Waals surface area contributed by atoms with Gasteiger partial charge in [-0.1, -0.05) is 19.1 Å². The average Bonchev–Trinajstić information content (AvgIpc) is 2.44. The molecule has 21 heavy (non-hydrogen) atoms. The van der Waals surface area contributed by atoms with Crippen molar-refractivity contribution in [3.63, 3.8) is 0 Å². The van der Waals surface area contributed by atoms with E-state index in [-0.39, 0.29) is 17.6 Å². The van der Waals surface area contributed by atoms with E-state index < -0.39 is 5.82 Å². The fraction of sp³-hybridized carbons (Fsp3) is 0.294. The lowest BCUT2D eigenvalue weighted by Gasteiger charge is -2.20. The van der Waals surface area contributed by atoms with Crippen molar-refractivity contribution in [1.29, 1.82) is 0 Å². The number of hydrogen-bond acceptors (Lipinski definition) is 2. The second-order valence-corrected chi connectivity index (χ2v) is 4.95. The predicted molar refractivity (Wildman–Crippen MR) is 79.6 cm³/mol. The van der Waals surface area contributed by atoms with Gasteiger partial charge in [-0.05, 0) is 54.4 Å². The highest BCUT2D eigenvalue weighted by atomic mass is 19.1. The minimum Gasteiger partial charge on any atom is -0.494 e. The topological polar surface area (TPSA) is 21.3 Å². The monoisotopic (exact) mass is 291 g/mol. The fourth-order valence-corrected chi connectivity index (χ4v) is 2.42. The molecule has 0 spiro atoms. The Labute approximate surface area is 123 Å². The zero-order chi connectivity index (χ0) is 15.4. The van der Waals surface area contributed by atoms with Crippen molar-refractivity contribution in [2.24, 2.45) is 0 Å². The van der Waals surface area contributed by atoms with Crippen LogP contribution in [0.25, 0.3) is 0 Å². The SMILES string of the molecule is CCNC(c1cc(C)cc(F)c1)c1ccc(F)c(OC)c1. The summed E-state index contributed by atoms with van der Waals surface area (Å²) in [5, 5.41) is 3.30. The standard InChI is InChI=1S/C17H19F2NO/c1-4-20-17(13-7-11(2)8-14(18)9-13)12-5-6-15(19)16(10-12)21-3/h5-10,17,20H,4H2,1-3H3. The third-order valence-electron chi connectivity index (χ3n) is 3.31. The first kappa shape index (κ1) is 15.4. The largest absolute Gasteiger partial charge is 0.494 e. The van der Waals surface area contributed by atoms with Crippen molar-refractivity contribution in [1.82, 2.24) is 5.32 Å². The summed E-state index contributed by atoms with van der Waals surface area (Å²) in [7, 11) is 1.43. The molecule has 1 N–H and O–H groups in total. The Morgan fingerprint density at radius 3 is 2.48 bits per heavy atom. The molecule has 0 aliphatic carbocycles. The van der Waals surface area contributed by atoms with Gasteiger partial charge in [-0.3, -0.25) is 0 Å². The van der Waals surface area contributed by atoms with Gasteiger partial charge in [0.15, 0.2) is 11.6 Å². The zero-order valence-corrected chi connectivity index (χ0v) is 12.4. The summed E-state index contributed by atoms with van der Waals surface area (Å²) in [6.45, 7) is 4.53. The smallest absolute Gasteiger partial charge is 0.165 e. The lowest BCUT2D eigenvalue weighted by Crippen LogP contribution is -2.22. The molecule has 0 aliphatic rings. The highest BCUT2D eigenvalue weighted by Gasteiger charge is 2.16. The predicted octanol–water partition coefficient (Wildman–Crippen LogP) is 3.98. The van der Waals surface area contributed by atoms with Crippen LogP contribution in [0.1, 0.15) is 29.7 Å². The molecule has 0 heterocycles. The second kappa shape index (κ2) is 6.68. The molecule has 1 unspecified atom stereocenters. The van der Waals surface area contributed by atoms with Gasteiger partial charge in [0.1, 0.15) is 5.82 Å². The normalized spacial score (nSPS) is 12.2. The molecule has 4 heteroatoms. The minimum atomic E-state index is -0.410. The third-order valence-corrected chi connectivity index (χ3v) is 3.31. The van der Waals surface area contributed by atoms with E-state index in [9.17, 15) is 8.78 Å². The van der Waals surface area contributed by atoms with Crippen LogP contribution in [0.4, 0.5) is 8.78 Å². The van der Waals surface area contributed by atoms with E-state index in [1.807, 2.05) is 19.9 Å². The Bertz CT molecular complexity index is 608. The molecular formula is C17H19F2NO. The van der Waals surface area contributed by atoms with Crippen LogP contribution < -0.4 is 10.1 Å². The van der Waals surface area contributed by atoms with E-state index in [0.29, 0.717) is 6.54 Å². The van der Waals surface area contributed by atoms with E-state index in [4.69, 9.17) is 4.74 Å². The van der Waals surface area contributed by atoms with Crippen molar-refractivity contribution >= 4 is 0 Å². The molecule has 2 nitrogen and oxygen atoms in total. The second-order valence-electron chi connectivity index (χ2n) is 4.95. The van der Waals surface area contributed by atoms with Gasteiger partial charge in [0.2, 0.25) is 0 Å². The van der Waals surface area contributed by atoms with Crippen molar-refractivity contribution in [2.45, 2.75) is 19.9 Å². The number of halogens is 2. The maximum atomic E-state index is 13.6. The lowest BCUT2D eigenvalue weighted by atomic mass is 9.96. The van der Waals surface area contributed by atoms with Crippen LogP contribution in [0.2, 0.25) is 0 Å². The van der Waals surface area contributed by atoms with Crippen LogP contribution in [0, 0.1) is 18.6 Å². The maximum Gasteiger partial charge on any atom is 0.165 e. The minimum absolute atomic E-state index is 0.184. The molecule has 0 aromatic heterocycles. The summed E-state index contributed by atoms with van der Waals surface area (Å²) < 4.78 is 32.2. The van der Waals surface area contributed by atoms with E-state index in [1.54, 1.807) is 12.1 Å². The van der Waals surface area contributed by atoms with E-state index >= 15 is 0 Å². The summed E-state index contributed by atoms with van der Waals surface area (Å²) in [5.74, 6) is -0.502. The molecule has 2 rings (SSSR count). The Kier molecular flexibility index (Phi) is 4.91. The van der Waals surface area contributed by atoms with Crippen molar-refractivity contribution in [2.75, 3.05) is 13.7 Å². The molecule has 2 aromatic rings. The van der Waals surface area contributed by atoms with Crippen LogP contribution in [0.5, 0.6) is 5.75 Å².